The van der Waals surface area contributed by atoms with Crippen LogP contribution >= 0.6 is 0 Å². The maximum atomic E-state index is 13.0. The molecule has 30 heavy (non-hydrogen) atoms. The van der Waals surface area contributed by atoms with Gasteiger partial charge in [0.15, 0.2) is 16.1 Å². The zero-order valence-electron chi connectivity index (χ0n) is 17.9. The first-order valence-corrected chi connectivity index (χ1v) is 11.7. The van der Waals surface area contributed by atoms with Gasteiger partial charge in [-0.2, -0.15) is 0 Å². The van der Waals surface area contributed by atoms with Crippen molar-refractivity contribution < 1.29 is 22.7 Å². The van der Waals surface area contributed by atoms with Gasteiger partial charge in [0, 0.05) is 37.8 Å². The number of benzene rings is 1. The van der Waals surface area contributed by atoms with Crippen molar-refractivity contribution in [2.24, 2.45) is 0 Å². The third kappa shape index (κ3) is 5.18. The zero-order valence-corrected chi connectivity index (χ0v) is 18.8. The summed E-state index contributed by atoms with van der Waals surface area (Å²) in [6.07, 6.45) is 1.89. The highest BCUT2D eigenvalue weighted by atomic mass is 32.2. The number of aromatic amines is 1. The topological polar surface area (TPSA) is 119 Å². The van der Waals surface area contributed by atoms with Crippen molar-refractivity contribution in [2.75, 3.05) is 31.3 Å². The quantitative estimate of drug-likeness (QED) is 0.406. The minimum atomic E-state index is -3.57. The fraction of sp³-hybridized carbons (Fsp3) is 0.500. The number of nitrogens with zero attached hydrogens (tertiary/aromatic N) is 1. The molecule has 0 atom stereocenters. The van der Waals surface area contributed by atoms with Crippen LogP contribution in [0.2, 0.25) is 0 Å². The SMILES string of the molecule is CCOC(CNc1c(S(C)(=O)=O)ccc(C(=O)c2c[nH]n(CC)c2=O)c1C)OCC. The van der Waals surface area contributed by atoms with Crippen molar-refractivity contribution in [2.45, 2.75) is 45.4 Å². The van der Waals surface area contributed by atoms with E-state index >= 15 is 0 Å². The number of aryl methyl sites for hydroxylation is 1. The number of hydrogen-bond donors (Lipinski definition) is 2. The van der Waals surface area contributed by atoms with Crippen molar-refractivity contribution >= 4 is 21.3 Å². The monoisotopic (exact) mass is 439 g/mol. The molecule has 1 aromatic carbocycles. The van der Waals surface area contributed by atoms with Crippen LogP contribution in [0.3, 0.4) is 0 Å². The lowest BCUT2D eigenvalue weighted by Crippen LogP contribution is -2.27. The molecule has 0 aliphatic rings. The van der Waals surface area contributed by atoms with Crippen molar-refractivity contribution in [3.63, 3.8) is 0 Å². The highest BCUT2D eigenvalue weighted by Gasteiger charge is 2.24. The van der Waals surface area contributed by atoms with Crippen molar-refractivity contribution in [1.82, 2.24) is 9.78 Å². The van der Waals surface area contributed by atoms with E-state index in [-0.39, 0.29) is 22.6 Å². The fourth-order valence-electron chi connectivity index (χ4n) is 3.14. The summed E-state index contributed by atoms with van der Waals surface area (Å²) in [5.74, 6) is -0.477. The second-order valence-corrected chi connectivity index (χ2v) is 8.65. The first-order chi connectivity index (χ1) is 14.1. The van der Waals surface area contributed by atoms with Gasteiger partial charge in [0.2, 0.25) is 5.78 Å². The maximum Gasteiger partial charge on any atom is 0.277 e. The van der Waals surface area contributed by atoms with Gasteiger partial charge in [0.1, 0.15) is 5.56 Å². The molecule has 0 bridgehead atoms. The third-order valence-corrected chi connectivity index (χ3v) is 5.76. The molecule has 10 heteroatoms. The van der Waals surface area contributed by atoms with E-state index in [1.54, 1.807) is 13.8 Å². The lowest BCUT2D eigenvalue weighted by atomic mass is 9.99. The van der Waals surface area contributed by atoms with Gasteiger partial charge < -0.3 is 19.9 Å². The molecule has 2 aromatic rings. The Kier molecular flexibility index (Phi) is 7.99. The van der Waals surface area contributed by atoms with Crippen LogP contribution in [0.15, 0.2) is 28.0 Å². The Balaban J connectivity index is 2.49. The molecule has 0 aliphatic carbocycles. The summed E-state index contributed by atoms with van der Waals surface area (Å²) < 4.78 is 36.9. The number of sulfone groups is 1. The molecule has 0 saturated heterocycles. The van der Waals surface area contributed by atoms with Gasteiger partial charge in [0.05, 0.1) is 17.1 Å². The van der Waals surface area contributed by atoms with E-state index in [4.69, 9.17) is 9.47 Å². The molecule has 0 spiro atoms. The molecule has 0 unspecified atom stereocenters. The molecule has 0 aliphatic heterocycles. The lowest BCUT2D eigenvalue weighted by Gasteiger charge is -2.21. The predicted octanol–water partition coefficient (Wildman–Crippen LogP) is 1.95. The van der Waals surface area contributed by atoms with Crippen LogP contribution in [-0.4, -0.2) is 56.3 Å². The number of ketones is 1. The van der Waals surface area contributed by atoms with Gasteiger partial charge in [-0.05, 0) is 45.4 Å². The van der Waals surface area contributed by atoms with Gasteiger partial charge in [-0.15, -0.1) is 0 Å². The number of H-pyrrole nitrogens is 1. The summed E-state index contributed by atoms with van der Waals surface area (Å²) in [7, 11) is -3.57. The van der Waals surface area contributed by atoms with E-state index in [0.29, 0.717) is 31.0 Å². The maximum absolute atomic E-state index is 13.0. The minimum Gasteiger partial charge on any atom is -0.379 e. The molecule has 2 N–H and O–H groups in total. The molecule has 0 fully saturated rings. The molecule has 0 radical (unpaired) electrons. The fourth-order valence-corrected chi connectivity index (χ4v) is 4.05. The molecule has 1 heterocycles. The largest absolute Gasteiger partial charge is 0.379 e. The Morgan fingerprint density at radius 2 is 1.80 bits per heavy atom. The number of anilines is 1. The zero-order chi connectivity index (χ0) is 22.5. The van der Waals surface area contributed by atoms with E-state index < -0.39 is 27.5 Å². The Morgan fingerprint density at radius 1 is 1.17 bits per heavy atom. The molecule has 166 valence electrons. The van der Waals surface area contributed by atoms with Crippen LogP contribution in [0.4, 0.5) is 5.69 Å². The Labute approximate surface area is 176 Å². The first kappa shape index (κ1) is 23.8. The number of rotatable bonds is 11. The van der Waals surface area contributed by atoms with Crippen LogP contribution in [-0.2, 0) is 25.9 Å². The number of carbonyl (C=O) groups is 1. The standard InChI is InChI=1S/C20H29N3O6S/c1-6-23-20(25)15(11-22-23)19(24)14-9-10-16(30(5,26)27)18(13(14)4)21-12-17(28-7-2)29-8-3/h9-11,17,21-22H,6-8,12H2,1-5H3. The molecule has 1 aromatic heterocycles. The van der Waals surface area contributed by atoms with Crippen LogP contribution in [0.5, 0.6) is 0 Å². The molecule has 2 rings (SSSR count). The summed E-state index contributed by atoms with van der Waals surface area (Å²) in [5.41, 5.74) is 0.543. The summed E-state index contributed by atoms with van der Waals surface area (Å²) in [5, 5.41) is 5.81. The number of nitrogens with one attached hydrogen (secondary N) is 2. The van der Waals surface area contributed by atoms with E-state index in [0.717, 1.165) is 6.26 Å². The molecular formula is C20H29N3O6S. The van der Waals surface area contributed by atoms with Crippen LogP contribution < -0.4 is 10.9 Å². The van der Waals surface area contributed by atoms with Gasteiger partial charge in [-0.3, -0.25) is 14.3 Å². The van der Waals surface area contributed by atoms with Gasteiger partial charge in [-0.1, -0.05) is 0 Å². The minimum absolute atomic E-state index is 0.000449. The first-order valence-electron chi connectivity index (χ1n) is 9.79. The smallest absolute Gasteiger partial charge is 0.277 e. The van der Waals surface area contributed by atoms with Gasteiger partial charge in [0.25, 0.3) is 5.56 Å². The summed E-state index contributed by atoms with van der Waals surface area (Å²) in [6, 6.07) is 2.81. The van der Waals surface area contributed by atoms with Gasteiger partial charge in [-0.25, -0.2) is 8.42 Å². The normalized spacial score (nSPS) is 11.8. The predicted molar refractivity (Wildman–Crippen MR) is 114 cm³/mol. The third-order valence-electron chi connectivity index (χ3n) is 4.62. The van der Waals surface area contributed by atoms with Crippen LogP contribution in [0, 0.1) is 6.92 Å². The average Bonchev–Trinajstić information content (AvgIpc) is 3.06. The van der Waals surface area contributed by atoms with Crippen LogP contribution in [0.25, 0.3) is 0 Å². The molecule has 9 nitrogen and oxygen atoms in total. The van der Waals surface area contributed by atoms with E-state index in [1.165, 1.54) is 23.0 Å². The van der Waals surface area contributed by atoms with Crippen molar-refractivity contribution in [1.29, 1.82) is 0 Å². The van der Waals surface area contributed by atoms with Gasteiger partial charge >= 0.3 is 0 Å². The summed E-state index contributed by atoms with van der Waals surface area (Å²) >= 11 is 0. The lowest BCUT2D eigenvalue weighted by molar-refractivity contribution is -0.126. The van der Waals surface area contributed by atoms with Crippen molar-refractivity contribution in [3.05, 3.63) is 45.4 Å². The summed E-state index contributed by atoms with van der Waals surface area (Å²) in [4.78, 5) is 25.4. The molecular weight excluding hydrogens is 410 g/mol. The second kappa shape index (κ2) is 10.1. The van der Waals surface area contributed by atoms with Crippen LogP contribution in [0.1, 0.15) is 42.3 Å². The number of hydrogen-bond acceptors (Lipinski definition) is 7. The second-order valence-electron chi connectivity index (χ2n) is 6.67. The number of aromatic nitrogens is 2. The van der Waals surface area contributed by atoms with E-state index in [1.807, 2.05) is 13.8 Å². The Bertz CT molecular complexity index is 1050. The van der Waals surface area contributed by atoms with E-state index in [9.17, 15) is 18.0 Å². The van der Waals surface area contributed by atoms with Crippen molar-refractivity contribution in [3.8, 4) is 0 Å². The highest BCUT2D eigenvalue weighted by molar-refractivity contribution is 7.90. The average molecular weight is 440 g/mol. The Morgan fingerprint density at radius 3 is 2.30 bits per heavy atom. The highest BCUT2D eigenvalue weighted by Crippen LogP contribution is 2.29. The Hall–Kier alpha value is -2.43. The summed E-state index contributed by atoms with van der Waals surface area (Å²) in [6.45, 7) is 8.55. The van der Waals surface area contributed by atoms with E-state index in [2.05, 4.69) is 10.4 Å². The number of carbonyl (C=O) groups excluding carboxylic acids is 1. The molecule has 0 amide bonds. The number of ether oxygens (including phenoxy) is 2. The molecule has 0 saturated carbocycles.